The van der Waals surface area contributed by atoms with Crippen molar-refractivity contribution in [3.05, 3.63) is 35.4 Å². The van der Waals surface area contributed by atoms with Crippen LogP contribution in [0.3, 0.4) is 0 Å². The van der Waals surface area contributed by atoms with E-state index in [-0.39, 0.29) is 0 Å². The Morgan fingerprint density at radius 3 is 1.15 bits per heavy atom. The summed E-state index contributed by atoms with van der Waals surface area (Å²) in [6.45, 7) is 3.92. The van der Waals surface area contributed by atoms with Crippen LogP contribution in [0.1, 0.15) is 36.8 Å². The second kappa shape index (κ2) is 13.4. The Kier molecular flexibility index (Phi) is 10.9. The van der Waals surface area contributed by atoms with Crippen LogP contribution < -0.4 is 0 Å². The third-order valence-electron chi connectivity index (χ3n) is 4.07. The fraction of sp³-hybridized carbons (Fsp3) is 0.500. The van der Waals surface area contributed by atoms with Gasteiger partial charge in [-0.25, -0.2) is 0 Å². The van der Waals surface area contributed by atoms with E-state index >= 15 is 0 Å². The second-order valence-electron chi connectivity index (χ2n) is 5.95. The Hall–Kier alpha value is -2.90. The largest absolute Gasteiger partial charge is 0.297 e. The van der Waals surface area contributed by atoms with Gasteiger partial charge < -0.3 is 0 Å². The van der Waals surface area contributed by atoms with Crippen LogP contribution in [0.5, 0.6) is 0 Å². The Labute approximate surface area is 156 Å². The molecule has 0 N–H and O–H groups in total. The molecule has 0 spiro atoms. The average Bonchev–Trinajstić information content (AvgIpc) is 2.67. The maximum absolute atomic E-state index is 8.84. The molecule has 1 rings (SSSR count). The predicted molar refractivity (Wildman–Crippen MR) is 97.9 cm³/mol. The van der Waals surface area contributed by atoms with Gasteiger partial charge in [-0.2, -0.15) is 21.0 Å². The molecule has 0 aromatic heterocycles. The molecule has 26 heavy (non-hydrogen) atoms. The highest BCUT2D eigenvalue weighted by molar-refractivity contribution is 5.27. The van der Waals surface area contributed by atoms with Crippen molar-refractivity contribution in [2.24, 2.45) is 0 Å². The minimum Gasteiger partial charge on any atom is -0.297 e. The van der Waals surface area contributed by atoms with E-state index in [2.05, 4.69) is 46.2 Å². The zero-order valence-electron chi connectivity index (χ0n) is 15.1. The number of benzene rings is 1. The first-order chi connectivity index (χ1) is 12.7. The van der Waals surface area contributed by atoms with Crippen molar-refractivity contribution >= 4 is 0 Å². The van der Waals surface area contributed by atoms with Gasteiger partial charge in [-0.3, -0.25) is 9.80 Å². The molecule has 0 unspecified atom stereocenters. The maximum Gasteiger partial charge on any atom is 0.0635 e. The van der Waals surface area contributed by atoms with E-state index in [9.17, 15) is 0 Å². The first-order valence-corrected chi connectivity index (χ1v) is 8.74. The lowest BCUT2D eigenvalue weighted by atomic mass is 10.1. The molecule has 0 amide bonds. The van der Waals surface area contributed by atoms with Crippen LogP contribution in [0.2, 0.25) is 0 Å². The number of hydrogen-bond acceptors (Lipinski definition) is 6. The molecule has 1 aromatic rings. The summed E-state index contributed by atoms with van der Waals surface area (Å²) in [6, 6.07) is 16.7. The van der Waals surface area contributed by atoms with E-state index in [1.54, 1.807) is 0 Å². The van der Waals surface area contributed by atoms with E-state index in [0.29, 0.717) is 65.0 Å². The summed E-state index contributed by atoms with van der Waals surface area (Å²) in [5, 5.41) is 35.4. The quantitative estimate of drug-likeness (QED) is 0.575. The molecular formula is C20H24N6. The third-order valence-corrected chi connectivity index (χ3v) is 4.07. The topological polar surface area (TPSA) is 102 Å². The van der Waals surface area contributed by atoms with Gasteiger partial charge in [0.2, 0.25) is 0 Å². The minimum atomic E-state index is 0.435. The molecule has 0 saturated heterocycles. The second-order valence-corrected chi connectivity index (χ2v) is 5.95. The molecule has 0 aliphatic carbocycles. The zero-order chi connectivity index (χ0) is 19.0. The lowest BCUT2D eigenvalue weighted by Crippen LogP contribution is -2.28. The van der Waals surface area contributed by atoms with E-state index in [1.165, 1.54) is 0 Å². The summed E-state index contributed by atoms with van der Waals surface area (Å²) in [5.41, 5.74) is 2.31. The summed E-state index contributed by atoms with van der Waals surface area (Å²) in [5.74, 6) is 0. The van der Waals surface area contributed by atoms with E-state index in [4.69, 9.17) is 21.0 Å². The average molecular weight is 348 g/mol. The highest BCUT2D eigenvalue weighted by Crippen LogP contribution is 2.15. The summed E-state index contributed by atoms with van der Waals surface area (Å²) in [7, 11) is 0. The summed E-state index contributed by atoms with van der Waals surface area (Å²) >= 11 is 0. The van der Waals surface area contributed by atoms with Crippen LogP contribution in [0.25, 0.3) is 0 Å². The Morgan fingerprint density at radius 2 is 0.885 bits per heavy atom. The molecule has 0 fully saturated rings. The Bertz CT molecular complexity index is 604. The fourth-order valence-corrected chi connectivity index (χ4v) is 2.72. The predicted octanol–water partition coefficient (Wildman–Crippen LogP) is 2.95. The van der Waals surface area contributed by atoms with Crippen molar-refractivity contribution in [1.29, 1.82) is 21.0 Å². The van der Waals surface area contributed by atoms with Gasteiger partial charge in [0.15, 0.2) is 0 Å². The molecule has 0 saturated carbocycles. The summed E-state index contributed by atoms with van der Waals surface area (Å²) in [4.78, 5) is 4.25. The fourth-order valence-electron chi connectivity index (χ4n) is 2.72. The zero-order valence-corrected chi connectivity index (χ0v) is 15.1. The Balaban J connectivity index is 2.86. The highest BCUT2D eigenvalue weighted by Gasteiger charge is 2.12. The number of hydrogen-bond donors (Lipinski definition) is 0. The smallest absolute Gasteiger partial charge is 0.0635 e. The molecule has 1 aromatic carbocycles. The monoisotopic (exact) mass is 348 g/mol. The van der Waals surface area contributed by atoms with Gasteiger partial charge in [-0.1, -0.05) is 24.3 Å². The van der Waals surface area contributed by atoms with Crippen LogP contribution in [0.15, 0.2) is 24.3 Å². The molecular weight excluding hydrogens is 324 g/mol. The summed E-state index contributed by atoms with van der Waals surface area (Å²) in [6.07, 6.45) is 1.74. The van der Waals surface area contributed by atoms with Crippen molar-refractivity contribution in [1.82, 2.24) is 9.80 Å². The van der Waals surface area contributed by atoms with Crippen molar-refractivity contribution in [3.63, 3.8) is 0 Å². The molecule has 0 aliphatic rings. The van der Waals surface area contributed by atoms with Gasteiger partial charge in [-0.15, -0.1) is 0 Å². The van der Waals surface area contributed by atoms with Crippen LogP contribution in [0.4, 0.5) is 0 Å². The molecule has 0 aliphatic heterocycles. The third kappa shape index (κ3) is 8.27. The van der Waals surface area contributed by atoms with Gasteiger partial charge in [-0.05, 0) is 11.1 Å². The lowest BCUT2D eigenvalue weighted by molar-refractivity contribution is 0.263. The first kappa shape index (κ1) is 21.1. The van der Waals surface area contributed by atoms with Gasteiger partial charge in [0, 0.05) is 65.0 Å². The molecule has 0 atom stereocenters. The molecule has 134 valence electrons. The highest BCUT2D eigenvalue weighted by atomic mass is 15.1. The van der Waals surface area contributed by atoms with Crippen LogP contribution in [-0.4, -0.2) is 36.0 Å². The molecule has 0 heterocycles. The molecule has 6 nitrogen and oxygen atoms in total. The standard InChI is InChI=1S/C20H24N6/c21-9-3-13-25(14-4-10-22)17-19-7-1-2-8-20(19)18-26(15-5-11-23)16-6-12-24/h1-2,7-8H,3-6,13-18H2. The minimum absolute atomic E-state index is 0.435. The van der Waals surface area contributed by atoms with Crippen molar-refractivity contribution in [2.45, 2.75) is 38.8 Å². The maximum atomic E-state index is 8.84. The van der Waals surface area contributed by atoms with E-state index in [0.717, 1.165) is 11.1 Å². The van der Waals surface area contributed by atoms with Crippen molar-refractivity contribution < 1.29 is 0 Å². The van der Waals surface area contributed by atoms with Crippen LogP contribution in [0, 0.1) is 45.3 Å². The Morgan fingerprint density at radius 1 is 0.577 bits per heavy atom. The summed E-state index contributed by atoms with van der Waals surface area (Å²) < 4.78 is 0. The molecule has 0 radical (unpaired) electrons. The van der Waals surface area contributed by atoms with Crippen LogP contribution >= 0.6 is 0 Å². The first-order valence-electron chi connectivity index (χ1n) is 8.74. The van der Waals surface area contributed by atoms with Crippen molar-refractivity contribution in [3.8, 4) is 24.3 Å². The van der Waals surface area contributed by atoms with E-state index in [1.807, 2.05) is 12.1 Å². The molecule has 0 bridgehead atoms. The SMILES string of the molecule is N#CCCN(CCC#N)Cc1ccccc1CN(CCC#N)CCC#N. The van der Waals surface area contributed by atoms with Crippen LogP contribution in [-0.2, 0) is 13.1 Å². The number of rotatable bonds is 12. The van der Waals surface area contributed by atoms with Gasteiger partial charge in [0.25, 0.3) is 0 Å². The van der Waals surface area contributed by atoms with Gasteiger partial charge in [0.05, 0.1) is 24.3 Å². The van der Waals surface area contributed by atoms with Gasteiger partial charge >= 0.3 is 0 Å². The lowest BCUT2D eigenvalue weighted by Gasteiger charge is -2.25. The normalized spacial score (nSPS) is 10.1. The number of nitrogens with zero attached hydrogens (tertiary/aromatic N) is 6. The molecule has 6 heteroatoms. The van der Waals surface area contributed by atoms with E-state index < -0.39 is 0 Å². The van der Waals surface area contributed by atoms with Crippen molar-refractivity contribution in [2.75, 3.05) is 26.2 Å². The van der Waals surface area contributed by atoms with Gasteiger partial charge in [0.1, 0.15) is 0 Å². The number of nitriles is 4.